The summed E-state index contributed by atoms with van der Waals surface area (Å²) >= 11 is 0. The van der Waals surface area contributed by atoms with Crippen LogP contribution in [0.15, 0.2) is 71.1 Å². The van der Waals surface area contributed by atoms with E-state index in [1.165, 1.54) is 0 Å². The van der Waals surface area contributed by atoms with Crippen molar-refractivity contribution in [2.75, 3.05) is 13.1 Å². The highest BCUT2D eigenvalue weighted by atomic mass is 16.5. The van der Waals surface area contributed by atoms with Crippen molar-refractivity contribution in [3.8, 4) is 5.75 Å². The Morgan fingerprint density at radius 1 is 0.903 bits per heavy atom. The maximum absolute atomic E-state index is 12.4. The molecule has 2 amide bonds. The Morgan fingerprint density at radius 3 is 2.39 bits per heavy atom. The lowest BCUT2D eigenvalue weighted by Gasteiger charge is -2.15. The predicted octanol–water partition coefficient (Wildman–Crippen LogP) is 3.78. The Morgan fingerprint density at radius 2 is 1.65 bits per heavy atom. The van der Waals surface area contributed by atoms with E-state index in [4.69, 9.17) is 9.15 Å². The van der Waals surface area contributed by atoms with E-state index >= 15 is 0 Å². The summed E-state index contributed by atoms with van der Waals surface area (Å²) in [6.07, 6.45) is 0. The topological polar surface area (TPSA) is 83.8 Å². The van der Waals surface area contributed by atoms with Gasteiger partial charge >= 0.3 is 5.91 Å². The van der Waals surface area contributed by atoms with E-state index in [1.807, 2.05) is 30.3 Å². The Kier molecular flexibility index (Phi) is 7.84. The average molecular weight is 421 g/mol. The van der Waals surface area contributed by atoms with E-state index in [-0.39, 0.29) is 5.76 Å². The number of hydrazine groups is 1. The zero-order valence-electron chi connectivity index (χ0n) is 17.8. The summed E-state index contributed by atoms with van der Waals surface area (Å²) in [5.74, 6) is 0.435. The van der Waals surface area contributed by atoms with Gasteiger partial charge in [0.05, 0.1) is 6.54 Å². The van der Waals surface area contributed by atoms with Crippen molar-refractivity contribution in [1.82, 2.24) is 15.8 Å². The molecule has 0 saturated carbocycles. The van der Waals surface area contributed by atoms with Gasteiger partial charge in [-0.3, -0.25) is 25.3 Å². The van der Waals surface area contributed by atoms with E-state index in [1.54, 1.807) is 36.4 Å². The Hall–Kier alpha value is -3.58. The third-order valence-corrected chi connectivity index (χ3v) is 4.79. The summed E-state index contributed by atoms with van der Waals surface area (Å²) in [7, 11) is 0. The van der Waals surface area contributed by atoms with Gasteiger partial charge < -0.3 is 9.15 Å². The number of amides is 2. The van der Waals surface area contributed by atoms with Gasteiger partial charge in [-0.1, -0.05) is 50.2 Å². The van der Waals surface area contributed by atoms with Crippen LogP contribution in [0, 0.1) is 0 Å². The highest BCUT2D eigenvalue weighted by Crippen LogP contribution is 2.15. The van der Waals surface area contributed by atoms with Crippen LogP contribution < -0.4 is 15.6 Å². The fourth-order valence-electron chi connectivity index (χ4n) is 2.97. The monoisotopic (exact) mass is 421 g/mol. The first-order valence-corrected chi connectivity index (χ1v) is 10.3. The molecule has 0 spiro atoms. The van der Waals surface area contributed by atoms with Crippen LogP contribution in [0.2, 0.25) is 0 Å². The molecular formula is C24H27N3O4. The third-order valence-electron chi connectivity index (χ3n) is 4.79. The van der Waals surface area contributed by atoms with Crippen LogP contribution in [0.5, 0.6) is 5.75 Å². The molecule has 1 heterocycles. The average Bonchev–Trinajstić information content (AvgIpc) is 3.29. The molecule has 0 fully saturated rings. The molecule has 0 aliphatic carbocycles. The van der Waals surface area contributed by atoms with E-state index < -0.39 is 11.8 Å². The molecule has 3 rings (SSSR count). The Labute approximate surface area is 182 Å². The number of hydrogen-bond donors (Lipinski definition) is 2. The van der Waals surface area contributed by atoms with Crippen molar-refractivity contribution in [3.05, 3.63) is 89.4 Å². The van der Waals surface area contributed by atoms with Crippen molar-refractivity contribution in [2.45, 2.75) is 27.0 Å². The number of furan rings is 1. The van der Waals surface area contributed by atoms with Crippen LogP contribution in [0.1, 0.15) is 46.1 Å². The minimum Gasteiger partial charge on any atom is -0.489 e. The second kappa shape index (κ2) is 11.0. The van der Waals surface area contributed by atoms with Crippen molar-refractivity contribution >= 4 is 11.8 Å². The first-order valence-electron chi connectivity index (χ1n) is 10.3. The van der Waals surface area contributed by atoms with Gasteiger partial charge in [0.15, 0.2) is 5.76 Å². The minimum absolute atomic E-state index is 0.141. The first-order chi connectivity index (χ1) is 15.1. The maximum atomic E-state index is 12.4. The molecule has 1 aromatic heterocycles. The fraction of sp³-hybridized carbons (Fsp3) is 0.250. The lowest BCUT2D eigenvalue weighted by atomic mass is 10.2. The summed E-state index contributed by atoms with van der Waals surface area (Å²) < 4.78 is 11.3. The van der Waals surface area contributed by atoms with Gasteiger partial charge in [-0.15, -0.1) is 0 Å². The van der Waals surface area contributed by atoms with Gasteiger partial charge in [0.25, 0.3) is 5.91 Å². The van der Waals surface area contributed by atoms with E-state index in [0.29, 0.717) is 30.2 Å². The number of carbonyl (C=O) groups excluding carboxylic acids is 2. The molecule has 2 aromatic carbocycles. The van der Waals surface area contributed by atoms with Crippen molar-refractivity contribution in [2.24, 2.45) is 0 Å². The number of nitrogens with one attached hydrogen (secondary N) is 2. The predicted molar refractivity (Wildman–Crippen MR) is 117 cm³/mol. The summed E-state index contributed by atoms with van der Waals surface area (Å²) in [6, 6.07) is 19.9. The molecule has 7 nitrogen and oxygen atoms in total. The second-order valence-corrected chi connectivity index (χ2v) is 6.94. The SMILES string of the molecule is CCN(CC)Cc1ccc(C(=O)NNC(=O)c2cccc(OCc3ccccc3)c2)o1. The van der Waals surface area contributed by atoms with Crippen molar-refractivity contribution in [3.63, 3.8) is 0 Å². The number of carbonyl (C=O) groups is 2. The molecule has 0 bridgehead atoms. The first kappa shape index (κ1) is 22.1. The highest BCUT2D eigenvalue weighted by molar-refractivity contribution is 5.98. The number of rotatable bonds is 9. The summed E-state index contributed by atoms with van der Waals surface area (Å²) in [5.41, 5.74) is 6.19. The van der Waals surface area contributed by atoms with Gasteiger partial charge in [-0.25, -0.2) is 0 Å². The quantitative estimate of drug-likeness (QED) is 0.514. The largest absolute Gasteiger partial charge is 0.489 e. The van der Waals surface area contributed by atoms with Crippen LogP contribution in [0.25, 0.3) is 0 Å². The summed E-state index contributed by atoms with van der Waals surface area (Å²) in [5, 5.41) is 0. The molecular weight excluding hydrogens is 394 g/mol. The number of nitrogens with zero attached hydrogens (tertiary/aromatic N) is 1. The van der Waals surface area contributed by atoms with E-state index in [9.17, 15) is 9.59 Å². The molecule has 0 radical (unpaired) electrons. The van der Waals surface area contributed by atoms with Gasteiger partial charge in [0.2, 0.25) is 0 Å². The molecule has 31 heavy (non-hydrogen) atoms. The zero-order valence-corrected chi connectivity index (χ0v) is 17.8. The molecule has 0 aliphatic heterocycles. The lowest BCUT2D eigenvalue weighted by Crippen LogP contribution is -2.41. The highest BCUT2D eigenvalue weighted by Gasteiger charge is 2.14. The Bertz CT molecular complexity index is 997. The minimum atomic E-state index is -0.518. The normalized spacial score (nSPS) is 10.7. The van der Waals surface area contributed by atoms with E-state index in [0.717, 1.165) is 18.7 Å². The number of hydrogen-bond acceptors (Lipinski definition) is 5. The van der Waals surface area contributed by atoms with Crippen LogP contribution in [0.3, 0.4) is 0 Å². The van der Waals surface area contributed by atoms with Crippen LogP contribution in [0.4, 0.5) is 0 Å². The summed E-state index contributed by atoms with van der Waals surface area (Å²) in [4.78, 5) is 26.9. The molecule has 162 valence electrons. The molecule has 7 heteroatoms. The number of benzene rings is 2. The lowest BCUT2D eigenvalue weighted by molar-refractivity contribution is 0.0828. The fourth-order valence-corrected chi connectivity index (χ4v) is 2.97. The summed E-state index contributed by atoms with van der Waals surface area (Å²) in [6.45, 7) is 6.94. The van der Waals surface area contributed by atoms with Crippen molar-refractivity contribution in [1.29, 1.82) is 0 Å². The van der Waals surface area contributed by atoms with Crippen LogP contribution in [-0.4, -0.2) is 29.8 Å². The van der Waals surface area contributed by atoms with Crippen LogP contribution >= 0.6 is 0 Å². The van der Waals surface area contributed by atoms with Crippen molar-refractivity contribution < 1.29 is 18.7 Å². The second-order valence-electron chi connectivity index (χ2n) is 6.94. The van der Waals surface area contributed by atoms with Gasteiger partial charge in [-0.2, -0.15) is 0 Å². The molecule has 0 unspecified atom stereocenters. The number of ether oxygens (including phenoxy) is 1. The standard InChI is InChI=1S/C24H27N3O4/c1-3-27(4-2)16-21-13-14-22(31-21)24(29)26-25-23(28)19-11-8-12-20(15-19)30-17-18-9-6-5-7-10-18/h5-15H,3-4,16-17H2,1-2H3,(H,25,28)(H,26,29). The van der Waals surface area contributed by atoms with E-state index in [2.05, 4.69) is 29.6 Å². The molecule has 2 N–H and O–H groups in total. The molecule has 0 saturated heterocycles. The zero-order chi connectivity index (χ0) is 22.1. The van der Waals surface area contributed by atoms with Crippen LogP contribution in [-0.2, 0) is 13.2 Å². The van der Waals surface area contributed by atoms with Gasteiger partial charge in [0, 0.05) is 5.56 Å². The smallest absolute Gasteiger partial charge is 0.305 e. The van der Waals surface area contributed by atoms with Gasteiger partial charge in [-0.05, 0) is 49.0 Å². The maximum Gasteiger partial charge on any atom is 0.305 e. The third kappa shape index (κ3) is 6.45. The van der Waals surface area contributed by atoms with Gasteiger partial charge in [0.1, 0.15) is 18.1 Å². The Balaban J connectivity index is 1.52. The molecule has 0 aliphatic rings. The molecule has 0 atom stereocenters. The molecule has 3 aromatic rings.